The van der Waals surface area contributed by atoms with Crippen LogP contribution in [0.2, 0.25) is 5.02 Å². The molecular weight excluding hydrogens is 262 g/mol. The van der Waals surface area contributed by atoms with E-state index in [1.165, 1.54) is 5.56 Å². The molecule has 2 heterocycles. The summed E-state index contributed by atoms with van der Waals surface area (Å²) in [7, 11) is 0. The van der Waals surface area contributed by atoms with Crippen molar-refractivity contribution in [1.29, 1.82) is 0 Å². The number of nitrogens with zero attached hydrogens (tertiary/aromatic N) is 1. The molecule has 3 rings (SSSR count). The van der Waals surface area contributed by atoms with Gasteiger partial charge >= 0.3 is 0 Å². The quantitative estimate of drug-likeness (QED) is 0.627. The first-order valence-corrected chi connectivity index (χ1v) is 7.17. The molecule has 0 aliphatic rings. The summed E-state index contributed by atoms with van der Waals surface area (Å²) >= 11 is 7.83. The van der Waals surface area contributed by atoms with Crippen LogP contribution in [0.5, 0.6) is 0 Å². The Labute approximate surface area is 115 Å². The largest absolute Gasteiger partial charge is 0.245 e. The van der Waals surface area contributed by atoms with Gasteiger partial charge in [-0.05, 0) is 18.1 Å². The Balaban J connectivity index is 2.29. The molecule has 0 spiro atoms. The van der Waals surface area contributed by atoms with Gasteiger partial charge in [0.15, 0.2) is 0 Å². The molecule has 3 aromatic rings. The molecule has 0 N–H and O–H groups in total. The van der Waals surface area contributed by atoms with Gasteiger partial charge in [-0.1, -0.05) is 48.9 Å². The average Bonchev–Trinajstić information content (AvgIpc) is 2.79. The third-order valence-corrected chi connectivity index (χ3v) is 4.35. The number of rotatable bonds is 2. The molecule has 0 bridgehead atoms. The fourth-order valence-electron chi connectivity index (χ4n) is 2.08. The second-order valence-electron chi connectivity index (χ2n) is 4.15. The lowest BCUT2D eigenvalue weighted by Crippen LogP contribution is -1.91. The van der Waals surface area contributed by atoms with Crippen LogP contribution in [0, 0.1) is 0 Å². The van der Waals surface area contributed by atoms with Crippen LogP contribution >= 0.6 is 22.9 Å². The van der Waals surface area contributed by atoms with Gasteiger partial charge in [0.2, 0.25) is 0 Å². The highest BCUT2D eigenvalue weighted by Gasteiger charge is 2.11. The van der Waals surface area contributed by atoms with Gasteiger partial charge in [0, 0.05) is 10.9 Å². The van der Waals surface area contributed by atoms with E-state index >= 15 is 0 Å². The number of pyridine rings is 1. The minimum absolute atomic E-state index is 0.745. The topological polar surface area (TPSA) is 12.9 Å². The van der Waals surface area contributed by atoms with Crippen LogP contribution in [0.4, 0.5) is 0 Å². The summed E-state index contributed by atoms with van der Waals surface area (Å²) in [4.78, 5) is 4.75. The molecule has 90 valence electrons. The summed E-state index contributed by atoms with van der Waals surface area (Å²) < 4.78 is 1.16. The fourth-order valence-corrected chi connectivity index (χ4v) is 3.23. The number of fused-ring (bicyclic) bond motifs is 1. The number of thiophene rings is 1. The minimum Gasteiger partial charge on any atom is -0.245 e. The lowest BCUT2D eigenvalue weighted by molar-refractivity contribution is 1.13. The molecular formula is C15H12ClNS. The molecule has 1 nitrogen and oxygen atoms in total. The van der Waals surface area contributed by atoms with Crippen LogP contribution in [0.15, 0.2) is 41.8 Å². The molecule has 0 saturated heterocycles. The zero-order chi connectivity index (χ0) is 12.5. The molecule has 3 heteroatoms. The van der Waals surface area contributed by atoms with E-state index in [4.69, 9.17) is 16.6 Å². The fraction of sp³-hybridized carbons (Fsp3) is 0.133. The number of halogens is 1. The van der Waals surface area contributed by atoms with Crippen LogP contribution in [0.1, 0.15) is 12.5 Å². The van der Waals surface area contributed by atoms with Gasteiger partial charge in [-0.3, -0.25) is 0 Å². The van der Waals surface area contributed by atoms with Gasteiger partial charge < -0.3 is 0 Å². The van der Waals surface area contributed by atoms with Crippen LogP contribution in [-0.4, -0.2) is 4.98 Å². The summed E-state index contributed by atoms with van der Waals surface area (Å²) in [5.74, 6) is 0. The van der Waals surface area contributed by atoms with Gasteiger partial charge in [-0.15, -0.1) is 11.3 Å². The molecule has 18 heavy (non-hydrogen) atoms. The van der Waals surface area contributed by atoms with Crippen LogP contribution in [0.3, 0.4) is 0 Å². The van der Waals surface area contributed by atoms with E-state index < -0.39 is 0 Å². The predicted octanol–water partition coefficient (Wildman–Crippen LogP) is 5.18. The predicted molar refractivity (Wildman–Crippen MR) is 79.4 cm³/mol. The second kappa shape index (κ2) is 4.71. The Morgan fingerprint density at radius 1 is 1.22 bits per heavy atom. The molecule has 0 atom stereocenters. The highest BCUT2D eigenvalue weighted by atomic mass is 35.5. The average molecular weight is 274 g/mol. The maximum atomic E-state index is 6.18. The van der Waals surface area contributed by atoms with E-state index in [-0.39, 0.29) is 0 Å². The molecule has 0 radical (unpaired) electrons. The van der Waals surface area contributed by atoms with Crippen LogP contribution < -0.4 is 0 Å². The van der Waals surface area contributed by atoms with Crippen molar-refractivity contribution in [2.24, 2.45) is 0 Å². The number of benzene rings is 1. The van der Waals surface area contributed by atoms with E-state index in [0.29, 0.717) is 0 Å². The smallest absolute Gasteiger partial charge is 0.100 e. The highest BCUT2D eigenvalue weighted by Crippen LogP contribution is 2.33. The Kier molecular flexibility index (Phi) is 3.06. The number of hydrogen-bond acceptors (Lipinski definition) is 2. The summed E-state index contributed by atoms with van der Waals surface area (Å²) in [6, 6.07) is 12.5. The second-order valence-corrected chi connectivity index (χ2v) is 5.46. The molecule has 0 amide bonds. The summed E-state index contributed by atoms with van der Waals surface area (Å²) in [6.07, 6.45) is 0.975. The third-order valence-electron chi connectivity index (χ3n) is 3.01. The van der Waals surface area contributed by atoms with E-state index in [0.717, 1.165) is 32.9 Å². The maximum absolute atomic E-state index is 6.18. The van der Waals surface area contributed by atoms with E-state index in [1.54, 1.807) is 11.3 Å². The van der Waals surface area contributed by atoms with Crippen molar-refractivity contribution in [2.75, 3.05) is 0 Å². The van der Waals surface area contributed by atoms with E-state index in [2.05, 4.69) is 25.1 Å². The van der Waals surface area contributed by atoms with Crippen LogP contribution in [-0.2, 0) is 6.42 Å². The van der Waals surface area contributed by atoms with Crippen molar-refractivity contribution >= 4 is 33.2 Å². The molecule has 0 unspecified atom stereocenters. The van der Waals surface area contributed by atoms with Crippen molar-refractivity contribution in [2.45, 2.75) is 13.3 Å². The van der Waals surface area contributed by atoms with Crippen molar-refractivity contribution in [3.05, 3.63) is 52.4 Å². The zero-order valence-corrected chi connectivity index (χ0v) is 11.6. The van der Waals surface area contributed by atoms with E-state index in [9.17, 15) is 0 Å². The standard InChI is InChI=1S/C15H12ClNS/c1-2-10-8-13-15(12(16)9-18-13)17-14(10)11-6-4-3-5-7-11/h3-9H,2H2,1H3. The summed E-state index contributed by atoms with van der Waals surface area (Å²) in [5, 5.41) is 2.70. The Morgan fingerprint density at radius 3 is 2.72 bits per heavy atom. The Morgan fingerprint density at radius 2 is 2.00 bits per heavy atom. The van der Waals surface area contributed by atoms with Crippen molar-refractivity contribution in [3.8, 4) is 11.3 Å². The molecule has 0 aliphatic heterocycles. The van der Waals surface area contributed by atoms with Crippen molar-refractivity contribution in [1.82, 2.24) is 4.98 Å². The number of hydrogen-bond donors (Lipinski definition) is 0. The van der Waals surface area contributed by atoms with Crippen molar-refractivity contribution < 1.29 is 0 Å². The third kappa shape index (κ3) is 1.92. The first-order chi connectivity index (χ1) is 8.79. The summed E-state index contributed by atoms with van der Waals surface area (Å²) in [5.41, 5.74) is 4.38. The van der Waals surface area contributed by atoms with Gasteiger partial charge in [-0.2, -0.15) is 0 Å². The summed E-state index contributed by atoms with van der Waals surface area (Å²) in [6.45, 7) is 2.16. The highest BCUT2D eigenvalue weighted by molar-refractivity contribution is 7.17. The van der Waals surface area contributed by atoms with Gasteiger partial charge in [0.05, 0.1) is 15.4 Å². The zero-order valence-electron chi connectivity index (χ0n) is 9.98. The van der Waals surface area contributed by atoms with Gasteiger partial charge in [-0.25, -0.2) is 4.98 Å². The number of aromatic nitrogens is 1. The monoisotopic (exact) mass is 273 g/mol. The minimum atomic E-state index is 0.745. The first-order valence-electron chi connectivity index (χ1n) is 5.91. The lowest BCUT2D eigenvalue weighted by Gasteiger charge is -2.07. The normalized spacial score (nSPS) is 11.0. The molecule has 1 aromatic carbocycles. The SMILES string of the molecule is CCc1cc2scc(Cl)c2nc1-c1ccccc1. The number of aryl methyl sites for hydroxylation is 1. The van der Waals surface area contributed by atoms with Gasteiger partial charge in [0.25, 0.3) is 0 Å². The van der Waals surface area contributed by atoms with Crippen LogP contribution in [0.25, 0.3) is 21.5 Å². The lowest BCUT2D eigenvalue weighted by atomic mass is 10.0. The molecule has 0 aliphatic carbocycles. The Hall–Kier alpha value is -1.38. The van der Waals surface area contributed by atoms with Crippen molar-refractivity contribution in [3.63, 3.8) is 0 Å². The maximum Gasteiger partial charge on any atom is 0.100 e. The molecule has 0 saturated carbocycles. The molecule has 2 aromatic heterocycles. The van der Waals surface area contributed by atoms with Gasteiger partial charge in [0.1, 0.15) is 5.52 Å². The first kappa shape index (κ1) is 11.7. The molecule has 0 fully saturated rings. The Bertz CT molecular complexity index is 688. The van der Waals surface area contributed by atoms with E-state index in [1.807, 2.05) is 23.6 Å².